The second-order valence-electron chi connectivity index (χ2n) is 7.81. The first kappa shape index (κ1) is 20.8. The molecule has 0 spiro atoms. The number of aromatic nitrogens is 3. The second-order valence-corrected chi connectivity index (χ2v) is 7.81. The molecule has 5 rings (SSSR count). The van der Waals surface area contributed by atoms with E-state index in [1.165, 1.54) is 0 Å². The maximum absolute atomic E-state index is 8.77. The van der Waals surface area contributed by atoms with E-state index in [4.69, 9.17) is 15.0 Å². The first-order chi connectivity index (χ1) is 16.3. The van der Waals surface area contributed by atoms with Crippen LogP contribution in [0.1, 0.15) is 6.42 Å². The van der Waals surface area contributed by atoms with E-state index in [0.717, 1.165) is 65.7 Å². The molecule has 1 fully saturated rings. The molecule has 8 heteroatoms. The van der Waals surface area contributed by atoms with E-state index in [9.17, 15) is 0 Å². The number of hydrogen-bond donors (Lipinski definition) is 3. The zero-order valence-corrected chi connectivity index (χ0v) is 18.2. The van der Waals surface area contributed by atoms with E-state index in [1.807, 2.05) is 36.5 Å². The third-order valence-electron chi connectivity index (χ3n) is 5.64. The van der Waals surface area contributed by atoms with Gasteiger partial charge < -0.3 is 25.3 Å². The minimum absolute atomic E-state index is 0.462. The predicted molar refractivity (Wildman–Crippen MR) is 131 cm³/mol. The Balaban J connectivity index is 1.43. The highest BCUT2D eigenvalue weighted by Crippen LogP contribution is 2.32. The topological polar surface area (TPSA) is 102 Å². The van der Waals surface area contributed by atoms with Gasteiger partial charge in [-0.3, -0.25) is 0 Å². The van der Waals surface area contributed by atoms with Crippen molar-refractivity contribution in [3.8, 4) is 17.2 Å². The van der Waals surface area contributed by atoms with Crippen molar-refractivity contribution in [1.82, 2.24) is 15.0 Å². The largest absolute Gasteiger partial charge is 0.384 e. The number of benzene rings is 2. The fourth-order valence-electron chi connectivity index (χ4n) is 4.03. The number of rotatable bonds is 7. The molecule has 3 heterocycles. The number of ether oxygens (including phenoxy) is 1. The van der Waals surface area contributed by atoms with Crippen LogP contribution in [0.25, 0.3) is 22.3 Å². The number of morpholine rings is 1. The lowest BCUT2D eigenvalue weighted by atomic mass is 10.1. The van der Waals surface area contributed by atoms with Crippen LogP contribution in [0.2, 0.25) is 0 Å². The minimum atomic E-state index is 0.462. The molecule has 166 valence electrons. The van der Waals surface area contributed by atoms with Crippen LogP contribution in [0.5, 0.6) is 0 Å². The summed E-state index contributed by atoms with van der Waals surface area (Å²) in [6, 6.07) is 18.5. The molecule has 0 aliphatic carbocycles. The molecule has 4 aromatic rings. The summed E-state index contributed by atoms with van der Waals surface area (Å²) in [7, 11) is 0. The first-order valence-electron chi connectivity index (χ1n) is 11.1. The normalized spacial score (nSPS) is 13.6. The molecular formula is C25H25N7O. The Bertz CT molecular complexity index is 1290. The van der Waals surface area contributed by atoms with E-state index in [1.54, 1.807) is 6.20 Å². The van der Waals surface area contributed by atoms with Crippen molar-refractivity contribution in [2.24, 2.45) is 0 Å². The molecular weight excluding hydrogens is 414 g/mol. The van der Waals surface area contributed by atoms with Crippen LogP contribution in [-0.4, -0.2) is 47.8 Å². The summed E-state index contributed by atoms with van der Waals surface area (Å²) < 4.78 is 5.50. The average Bonchev–Trinajstić information content (AvgIpc) is 3.29. The summed E-state index contributed by atoms with van der Waals surface area (Å²) in [5.41, 5.74) is 6.65. The Labute approximate surface area is 192 Å². The van der Waals surface area contributed by atoms with Gasteiger partial charge in [0.05, 0.1) is 43.3 Å². The van der Waals surface area contributed by atoms with Crippen LogP contribution in [-0.2, 0) is 4.74 Å². The van der Waals surface area contributed by atoms with Crippen LogP contribution in [0, 0.1) is 11.3 Å². The predicted octanol–water partition coefficient (Wildman–Crippen LogP) is 4.53. The van der Waals surface area contributed by atoms with Crippen molar-refractivity contribution in [3.63, 3.8) is 0 Å². The molecule has 0 unspecified atom stereocenters. The molecule has 3 N–H and O–H groups in total. The van der Waals surface area contributed by atoms with Gasteiger partial charge in [0.1, 0.15) is 11.3 Å². The maximum Gasteiger partial charge on any atom is 0.156 e. The summed E-state index contributed by atoms with van der Waals surface area (Å²) in [6.07, 6.45) is 4.15. The molecule has 8 nitrogen and oxygen atoms in total. The Morgan fingerprint density at radius 2 is 2.00 bits per heavy atom. The molecule has 2 aromatic heterocycles. The standard InChI is InChI=1S/C25H25N7O/c26-9-4-10-27-19-6-3-5-18(15-19)20-16-28-25-24(20)31-23(17-29-25)30-21-7-1-2-8-22(21)32-11-13-33-14-12-32/h1-3,5-8,15-17,27H,4,10-14H2,(H,28,29)(H,30,31). The smallest absolute Gasteiger partial charge is 0.156 e. The summed E-state index contributed by atoms with van der Waals surface area (Å²) in [6.45, 7) is 3.81. The van der Waals surface area contributed by atoms with Crippen LogP contribution >= 0.6 is 0 Å². The molecule has 0 radical (unpaired) electrons. The molecule has 1 aliphatic heterocycles. The highest BCUT2D eigenvalue weighted by atomic mass is 16.5. The second kappa shape index (κ2) is 9.59. The van der Waals surface area contributed by atoms with Gasteiger partial charge in [-0.25, -0.2) is 9.97 Å². The molecule has 0 atom stereocenters. The van der Waals surface area contributed by atoms with Gasteiger partial charge in [-0.05, 0) is 29.8 Å². The minimum Gasteiger partial charge on any atom is -0.384 e. The number of fused-ring (bicyclic) bond motifs is 1. The van der Waals surface area contributed by atoms with E-state index in [2.05, 4.69) is 49.8 Å². The SMILES string of the molecule is N#CCCNc1cccc(-c2c[nH]c3ncc(Nc4ccccc4N4CCOCC4)nc23)c1. The molecule has 1 saturated heterocycles. The van der Waals surface area contributed by atoms with Crippen LogP contribution in [0.3, 0.4) is 0 Å². The van der Waals surface area contributed by atoms with Crippen molar-refractivity contribution in [2.75, 3.05) is 48.4 Å². The molecule has 2 aromatic carbocycles. The first-order valence-corrected chi connectivity index (χ1v) is 11.1. The van der Waals surface area contributed by atoms with Crippen LogP contribution < -0.4 is 15.5 Å². The quantitative estimate of drug-likeness (QED) is 0.364. The number of H-pyrrole nitrogens is 1. The Morgan fingerprint density at radius 1 is 1.12 bits per heavy atom. The van der Waals surface area contributed by atoms with Crippen molar-refractivity contribution in [3.05, 3.63) is 60.9 Å². The fraction of sp³-hybridized carbons (Fsp3) is 0.240. The summed E-state index contributed by atoms with van der Waals surface area (Å²) in [4.78, 5) is 15.0. The zero-order valence-electron chi connectivity index (χ0n) is 18.2. The Kier molecular flexibility index (Phi) is 6.04. The van der Waals surface area contributed by atoms with Crippen LogP contribution in [0.4, 0.5) is 22.9 Å². The zero-order chi connectivity index (χ0) is 22.5. The Morgan fingerprint density at radius 3 is 2.88 bits per heavy atom. The van der Waals surface area contributed by atoms with Crippen molar-refractivity contribution in [2.45, 2.75) is 6.42 Å². The fourth-order valence-corrected chi connectivity index (χ4v) is 4.03. The highest BCUT2D eigenvalue weighted by Gasteiger charge is 2.16. The van der Waals surface area contributed by atoms with Crippen molar-refractivity contribution < 1.29 is 4.74 Å². The Hall–Kier alpha value is -4.09. The number of para-hydroxylation sites is 2. The lowest BCUT2D eigenvalue weighted by molar-refractivity contribution is 0.123. The van der Waals surface area contributed by atoms with Crippen molar-refractivity contribution in [1.29, 1.82) is 5.26 Å². The highest BCUT2D eigenvalue weighted by molar-refractivity contribution is 5.92. The summed E-state index contributed by atoms with van der Waals surface area (Å²) >= 11 is 0. The van der Waals surface area contributed by atoms with E-state index >= 15 is 0 Å². The molecule has 0 saturated carbocycles. The van der Waals surface area contributed by atoms with Crippen LogP contribution in [0.15, 0.2) is 60.9 Å². The number of nitriles is 1. The number of anilines is 4. The molecule has 1 aliphatic rings. The third-order valence-corrected chi connectivity index (χ3v) is 5.64. The van der Waals surface area contributed by atoms with Gasteiger partial charge in [-0.15, -0.1) is 0 Å². The third kappa shape index (κ3) is 4.59. The summed E-state index contributed by atoms with van der Waals surface area (Å²) in [5, 5.41) is 15.5. The molecule has 33 heavy (non-hydrogen) atoms. The van der Waals surface area contributed by atoms with Gasteiger partial charge in [0.2, 0.25) is 0 Å². The number of nitrogens with zero attached hydrogens (tertiary/aromatic N) is 4. The van der Waals surface area contributed by atoms with Gasteiger partial charge >= 0.3 is 0 Å². The van der Waals surface area contributed by atoms with Gasteiger partial charge in [0.25, 0.3) is 0 Å². The number of aromatic amines is 1. The number of hydrogen-bond acceptors (Lipinski definition) is 7. The van der Waals surface area contributed by atoms with E-state index < -0.39 is 0 Å². The molecule has 0 amide bonds. The average molecular weight is 440 g/mol. The van der Waals surface area contributed by atoms with Gasteiger partial charge in [-0.2, -0.15) is 5.26 Å². The molecule has 0 bridgehead atoms. The van der Waals surface area contributed by atoms with Crippen molar-refractivity contribution >= 4 is 34.0 Å². The van der Waals surface area contributed by atoms with Gasteiger partial charge in [0, 0.05) is 37.1 Å². The van der Waals surface area contributed by atoms with Gasteiger partial charge in [0.15, 0.2) is 5.65 Å². The van der Waals surface area contributed by atoms with Gasteiger partial charge in [-0.1, -0.05) is 24.3 Å². The monoisotopic (exact) mass is 439 g/mol. The van der Waals surface area contributed by atoms with E-state index in [-0.39, 0.29) is 0 Å². The summed E-state index contributed by atoms with van der Waals surface area (Å²) in [5.74, 6) is 0.687. The lowest BCUT2D eigenvalue weighted by Gasteiger charge is -2.30. The lowest BCUT2D eigenvalue weighted by Crippen LogP contribution is -2.36. The van der Waals surface area contributed by atoms with E-state index in [0.29, 0.717) is 18.8 Å². The maximum atomic E-state index is 8.77. The number of nitrogens with one attached hydrogen (secondary N) is 3.